The number of nitrogens with one attached hydrogen (secondary N) is 1. The third kappa shape index (κ3) is 4.47. The number of carbonyl (C=O) groups is 1. The Hall–Kier alpha value is -2.58. The summed E-state index contributed by atoms with van der Waals surface area (Å²) in [6.45, 7) is 3.80. The third-order valence-corrected chi connectivity index (χ3v) is 6.25. The van der Waals surface area contributed by atoms with E-state index in [1.807, 2.05) is 30.3 Å². The predicted molar refractivity (Wildman–Crippen MR) is 127 cm³/mol. The van der Waals surface area contributed by atoms with Crippen molar-refractivity contribution in [2.75, 3.05) is 11.9 Å². The van der Waals surface area contributed by atoms with Crippen molar-refractivity contribution in [3.05, 3.63) is 79.2 Å². The first-order valence-electron chi connectivity index (χ1n) is 10.4. The van der Waals surface area contributed by atoms with E-state index < -0.39 is 12.0 Å². The summed E-state index contributed by atoms with van der Waals surface area (Å²) >= 11 is 9.69. The van der Waals surface area contributed by atoms with E-state index in [1.54, 1.807) is 27.1 Å². The molecule has 2 heterocycles. The Kier molecular flexibility index (Phi) is 6.44. The van der Waals surface area contributed by atoms with E-state index >= 15 is 0 Å². The summed E-state index contributed by atoms with van der Waals surface area (Å²) in [7, 11) is 1.72. The van der Waals surface area contributed by atoms with Gasteiger partial charge in [0.1, 0.15) is 0 Å². The number of anilines is 1. The van der Waals surface area contributed by atoms with Crippen LogP contribution in [0.25, 0.3) is 0 Å². The molecule has 1 fully saturated rings. The van der Waals surface area contributed by atoms with Crippen LogP contribution < -0.4 is 10.9 Å². The predicted octanol–water partition coefficient (Wildman–Crippen LogP) is 5.02. The van der Waals surface area contributed by atoms with Crippen molar-refractivity contribution in [2.45, 2.75) is 38.8 Å². The van der Waals surface area contributed by atoms with Crippen LogP contribution in [0, 0.1) is 6.92 Å². The lowest BCUT2D eigenvalue weighted by atomic mass is 10.0. The van der Waals surface area contributed by atoms with Crippen molar-refractivity contribution in [1.82, 2.24) is 14.1 Å². The van der Waals surface area contributed by atoms with Crippen LogP contribution in [-0.2, 0) is 11.8 Å². The van der Waals surface area contributed by atoms with Gasteiger partial charge in [-0.3, -0.25) is 4.79 Å². The Morgan fingerprint density at radius 2 is 2.03 bits per heavy atom. The van der Waals surface area contributed by atoms with Gasteiger partial charge >= 0.3 is 5.97 Å². The average Bonchev–Trinajstić information content (AvgIpc) is 3.53. The highest BCUT2D eigenvalue weighted by Crippen LogP contribution is 2.43. The minimum Gasteiger partial charge on any atom is -0.461 e. The summed E-state index contributed by atoms with van der Waals surface area (Å²) in [5.41, 5.74) is 3.19. The Labute approximate surface area is 199 Å². The smallest absolute Gasteiger partial charge is 0.358 e. The van der Waals surface area contributed by atoms with Crippen molar-refractivity contribution in [2.24, 2.45) is 7.05 Å². The number of rotatable bonds is 7. The lowest BCUT2D eigenvalue weighted by Crippen LogP contribution is -2.23. The normalized spacial score (nSPS) is 14.3. The molecule has 0 saturated heterocycles. The number of hydrogen-bond donors (Lipinski definition) is 1. The van der Waals surface area contributed by atoms with Crippen LogP contribution in [0.15, 0.2) is 46.1 Å². The van der Waals surface area contributed by atoms with Crippen LogP contribution in [0.1, 0.15) is 59.2 Å². The molecule has 3 aromatic rings. The molecule has 1 unspecified atom stereocenters. The van der Waals surface area contributed by atoms with Gasteiger partial charge in [-0.25, -0.2) is 9.78 Å². The van der Waals surface area contributed by atoms with E-state index in [0.29, 0.717) is 21.0 Å². The van der Waals surface area contributed by atoms with Crippen LogP contribution in [0.4, 0.5) is 5.69 Å². The maximum absolute atomic E-state index is 12.9. The number of nitrogens with zero attached hydrogens (tertiary/aromatic N) is 3. The summed E-state index contributed by atoms with van der Waals surface area (Å²) in [6.07, 6.45) is 3.77. The molecule has 4 rings (SSSR count). The highest BCUT2D eigenvalue weighted by molar-refractivity contribution is 9.10. The number of carbonyl (C=O) groups excluding carboxylic acids is 1. The molecule has 0 amide bonds. The lowest BCUT2D eigenvalue weighted by Gasteiger charge is -2.24. The van der Waals surface area contributed by atoms with E-state index in [4.69, 9.17) is 16.3 Å². The second kappa shape index (κ2) is 9.11. The summed E-state index contributed by atoms with van der Waals surface area (Å²) in [6, 6.07) is 9.10. The monoisotopic (exact) mass is 518 g/mol. The van der Waals surface area contributed by atoms with Gasteiger partial charge in [-0.05, 0) is 66.4 Å². The molecule has 168 valence electrons. The Morgan fingerprint density at radius 3 is 2.62 bits per heavy atom. The highest BCUT2D eigenvalue weighted by Gasteiger charge is 2.36. The van der Waals surface area contributed by atoms with Gasteiger partial charge in [-0.2, -0.15) is 0 Å². The zero-order chi connectivity index (χ0) is 23.0. The fourth-order valence-electron chi connectivity index (χ4n) is 3.81. The van der Waals surface area contributed by atoms with Crippen LogP contribution in [0.2, 0.25) is 5.02 Å². The van der Waals surface area contributed by atoms with Gasteiger partial charge in [-0.15, -0.1) is 0 Å². The molecule has 0 bridgehead atoms. The quantitative estimate of drug-likeness (QED) is 0.444. The molecule has 0 spiro atoms. The Balaban J connectivity index is 1.90. The summed E-state index contributed by atoms with van der Waals surface area (Å²) in [4.78, 5) is 29.6. The molecule has 1 N–H and O–H groups in total. The zero-order valence-electron chi connectivity index (χ0n) is 18.1. The molecule has 9 heteroatoms. The number of aromatic nitrogens is 3. The zero-order valence-corrected chi connectivity index (χ0v) is 20.4. The number of esters is 1. The first-order chi connectivity index (χ1) is 15.3. The highest BCUT2D eigenvalue weighted by atomic mass is 79.9. The SMILES string of the molecule is CCOC(=O)c1nc(Br)n(C2CC2)c1C(Nc1cc(C)c(=O)n(C)c1)c1ccc(Cl)cc1. The first kappa shape index (κ1) is 22.6. The maximum Gasteiger partial charge on any atom is 0.358 e. The van der Waals surface area contributed by atoms with Gasteiger partial charge < -0.3 is 19.2 Å². The van der Waals surface area contributed by atoms with E-state index in [2.05, 4.69) is 30.8 Å². The minimum atomic E-state index is -0.472. The standard InChI is InChI=1S/C23H24BrClN4O3/c1-4-32-22(31)19-20(29(17-9-10-17)23(24)27-19)18(14-5-7-15(25)8-6-14)26-16-11-13(2)21(30)28(3)12-16/h5-8,11-12,17-18,26H,4,9-10H2,1-3H3. The lowest BCUT2D eigenvalue weighted by molar-refractivity contribution is 0.0518. The van der Waals surface area contributed by atoms with Gasteiger partial charge in [0.05, 0.1) is 24.0 Å². The second-order valence-corrected chi connectivity index (χ2v) is 9.04. The first-order valence-corrected chi connectivity index (χ1v) is 11.6. The van der Waals surface area contributed by atoms with Crippen LogP contribution in [0.3, 0.4) is 0 Å². The molecule has 2 aromatic heterocycles. The largest absolute Gasteiger partial charge is 0.461 e. The molecule has 32 heavy (non-hydrogen) atoms. The van der Waals surface area contributed by atoms with Crippen LogP contribution in [-0.4, -0.2) is 26.7 Å². The van der Waals surface area contributed by atoms with Gasteiger partial charge in [-0.1, -0.05) is 23.7 Å². The molecule has 1 aromatic carbocycles. The summed E-state index contributed by atoms with van der Waals surface area (Å²) < 4.78 is 9.51. The molecule has 1 atom stereocenters. The molecule has 1 saturated carbocycles. The fourth-order valence-corrected chi connectivity index (χ4v) is 4.59. The number of pyridine rings is 1. The average molecular weight is 520 g/mol. The van der Waals surface area contributed by atoms with E-state index in [1.165, 1.54) is 4.57 Å². The molecule has 1 aliphatic carbocycles. The van der Waals surface area contributed by atoms with Gasteiger partial charge in [0.25, 0.3) is 5.56 Å². The van der Waals surface area contributed by atoms with Gasteiger partial charge in [0.2, 0.25) is 0 Å². The van der Waals surface area contributed by atoms with Crippen LogP contribution >= 0.6 is 27.5 Å². The van der Waals surface area contributed by atoms with Crippen LogP contribution in [0.5, 0.6) is 0 Å². The van der Waals surface area contributed by atoms with Crippen molar-refractivity contribution < 1.29 is 9.53 Å². The summed E-state index contributed by atoms with van der Waals surface area (Å²) in [5.74, 6) is -0.472. The minimum absolute atomic E-state index is 0.0587. The van der Waals surface area contributed by atoms with Crippen molar-refractivity contribution in [3.63, 3.8) is 0 Å². The summed E-state index contributed by atoms with van der Waals surface area (Å²) in [5, 5.41) is 4.14. The second-order valence-electron chi connectivity index (χ2n) is 7.89. The van der Waals surface area contributed by atoms with Crippen molar-refractivity contribution >= 4 is 39.2 Å². The number of benzene rings is 1. The fraction of sp³-hybridized carbons (Fsp3) is 0.348. The number of imidazole rings is 1. The molecular formula is C23H24BrClN4O3. The number of hydrogen-bond acceptors (Lipinski definition) is 5. The van der Waals surface area contributed by atoms with Crippen molar-refractivity contribution in [1.29, 1.82) is 0 Å². The number of ether oxygens (including phenoxy) is 1. The number of aryl methyl sites for hydroxylation is 2. The Bertz CT molecular complexity index is 1190. The topological polar surface area (TPSA) is 78.2 Å². The third-order valence-electron chi connectivity index (χ3n) is 5.44. The van der Waals surface area contributed by atoms with E-state index in [0.717, 1.165) is 24.1 Å². The molecule has 0 aliphatic heterocycles. The molecule has 1 aliphatic rings. The van der Waals surface area contributed by atoms with E-state index in [9.17, 15) is 9.59 Å². The van der Waals surface area contributed by atoms with E-state index in [-0.39, 0.29) is 23.9 Å². The maximum atomic E-state index is 12.9. The molecule has 7 nitrogen and oxygen atoms in total. The van der Waals surface area contributed by atoms with Gasteiger partial charge in [0, 0.05) is 29.9 Å². The Morgan fingerprint density at radius 1 is 1.34 bits per heavy atom. The molecule has 0 radical (unpaired) electrons. The number of halogens is 2. The van der Waals surface area contributed by atoms with Crippen molar-refractivity contribution in [3.8, 4) is 0 Å². The van der Waals surface area contributed by atoms with Gasteiger partial charge in [0.15, 0.2) is 10.4 Å². The molecular weight excluding hydrogens is 496 g/mol.